The Morgan fingerprint density at radius 3 is 2.04 bits per heavy atom. The first-order valence-electron chi connectivity index (χ1n) is 8.38. The fraction of sp³-hybridized carbons (Fsp3) is 0.333. The third-order valence-electron chi connectivity index (χ3n) is 4.28. The Morgan fingerprint density at radius 2 is 1.56 bits per heavy atom. The zero-order valence-electron chi connectivity index (χ0n) is 15.2. The van der Waals surface area contributed by atoms with Gasteiger partial charge in [-0.25, -0.2) is 4.79 Å². The number of carboxylic acid groups (broad SMARTS) is 1. The maximum Gasteiger partial charge on any atom is 0.326 e. The molecule has 1 amide bonds. The Hall–Kier alpha value is -2.62. The van der Waals surface area contributed by atoms with Gasteiger partial charge in [0, 0.05) is 12.1 Å². The third kappa shape index (κ3) is 4.69. The van der Waals surface area contributed by atoms with E-state index in [9.17, 15) is 14.7 Å². The molecule has 0 radical (unpaired) electrons. The maximum atomic E-state index is 12.9. The largest absolute Gasteiger partial charge is 0.480 e. The Kier molecular flexibility index (Phi) is 5.62. The van der Waals surface area contributed by atoms with Crippen LogP contribution in [0.4, 0.5) is 0 Å². The second-order valence-corrected chi connectivity index (χ2v) is 7.26. The van der Waals surface area contributed by atoms with Gasteiger partial charge in [0.15, 0.2) is 0 Å². The number of nitrogens with zero attached hydrogens (tertiary/aromatic N) is 1. The number of hydrogen-bond donors (Lipinski definition) is 1. The Bertz CT molecular complexity index is 730. The van der Waals surface area contributed by atoms with Crippen LogP contribution in [0.3, 0.4) is 0 Å². The molecular formula is C21H25NO3. The van der Waals surface area contributed by atoms with E-state index in [-0.39, 0.29) is 17.9 Å². The van der Waals surface area contributed by atoms with Crippen molar-refractivity contribution in [1.82, 2.24) is 4.90 Å². The lowest BCUT2D eigenvalue weighted by molar-refractivity contribution is -0.141. The molecule has 0 heterocycles. The van der Waals surface area contributed by atoms with Gasteiger partial charge in [0.2, 0.25) is 0 Å². The van der Waals surface area contributed by atoms with E-state index in [0.717, 1.165) is 11.1 Å². The van der Waals surface area contributed by atoms with E-state index in [1.807, 2.05) is 42.5 Å². The lowest BCUT2D eigenvalue weighted by Gasteiger charge is -2.27. The summed E-state index contributed by atoms with van der Waals surface area (Å²) in [5, 5.41) is 9.38. The zero-order valence-corrected chi connectivity index (χ0v) is 15.2. The van der Waals surface area contributed by atoms with Gasteiger partial charge >= 0.3 is 5.97 Å². The van der Waals surface area contributed by atoms with Crippen molar-refractivity contribution < 1.29 is 14.7 Å². The van der Waals surface area contributed by atoms with Crippen LogP contribution in [0.1, 0.15) is 49.2 Å². The van der Waals surface area contributed by atoms with E-state index in [1.165, 1.54) is 11.8 Å². The number of carbonyl (C=O) groups is 2. The second-order valence-electron chi connectivity index (χ2n) is 7.26. The number of carboxylic acids is 1. The van der Waals surface area contributed by atoms with Gasteiger partial charge in [-0.3, -0.25) is 4.79 Å². The molecule has 1 N–H and O–H groups in total. The van der Waals surface area contributed by atoms with Crippen molar-refractivity contribution in [2.45, 2.75) is 45.7 Å². The summed E-state index contributed by atoms with van der Waals surface area (Å²) in [7, 11) is 0. The lowest BCUT2D eigenvalue weighted by atomic mass is 9.86. The van der Waals surface area contributed by atoms with E-state index < -0.39 is 12.0 Å². The molecule has 0 aliphatic heterocycles. The second kappa shape index (κ2) is 7.51. The molecule has 0 saturated heterocycles. The molecule has 2 aromatic carbocycles. The summed E-state index contributed by atoms with van der Waals surface area (Å²) in [6.07, 6.45) is 0. The van der Waals surface area contributed by atoms with E-state index in [0.29, 0.717) is 5.56 Å². The van der Waals surface area contributed by atoms with Gasteiger partial charge < -0.3 is 10.0 Å². The molecule has 2 rings (SSSR count). The first kappa shape index (κ1) is 18.7. The molecule has 0 bridgehead atoms. The van der Waals surface area contributed by atoms with E-state index in [1.54, 1.807) is 12.1 Å². The average Bonchev–Trinajstić information content (AvgIpc) is 2.58. The third-order valence-corrected chi connectivity index (χ3v) is 4.28. The molecule has 4 nitrogen and oxygen atoms in total. The summed E-state index contributed by atoms with van der Waals surface area (Å²) in [5.41, 5.74) is 2.52. The normalized spacial score (nSPS) is 12.5. The number of benzene rings is 2. The van der Waals surface area contributed by atoms with Crippen LogP contribution in [0.25, 0.3) is 0 Å². The monoisotopic (exact) mass is 339 g/mol. The average molecular weight is 339 g/mol. The zero-order chi connectivity index (χ0) is 18.6. The van der Waals surface area contributed by atoms with E-state index in [2.05, 4.69) is 20.8 Å². The SMILES string of the molecule is CC(C(=O)O)N(Cc1ccccc1)C(=O)c1ccc(C(C)(C)C)cc1. The van der Waals surface area contributed by atoms with Crippen molar-refractivity contribution in [1.29, 1.82) is 0 Å². The maximum absolute atomic E-state index is 12.9. The van der Waals surface area contributed by atoms with Crippen LogP contribution in [0, 0.1) is 0 Å². The minimum Gasteiger partial charge on any atom is -0.480 e. The molecule has 25 heavy (non-hydrogen) atoms. The van der Waals surface area contributed by atoms with Crippen molar-refractivity contribution >= 4 is 11.9 Å². The minimum atomic E-state index is -1.02. The summed E-state index contributed by atoms with van der Waals surface area (Å²) in [6.45, 7) is 8.12. The summed E-state index contributed by atoms with van der Waals surface area (Å²) in [4.78, 5) is 25.8. The lowest BCUT2D eigenvalue weighted by Crippen LogP contribution is -2.42. The standard InChI is InChI=1S/C21H25NO3/c1-15(20(24)25)22(14-16-8-6-5-7-9-16)19(23)17-10-12-18(13-11-17)21(2,3)4/h5-13,15H,14H2,1-4H3,(H,24,25). The topological polar surface area (TPSA) is 57.6 Å². The predicted octanol–water partition coefficient (Wildman–Crippen LogP) is 4.10. The van der Waals surface area contributed by atoms with Crippen molar-refractivity contribution in [3.05, 3.63) is 71.3 Å². The molecular weight excluding hydrogens is 314 g/mol. The number of amides is 1. The van der Waals surface area contributed by atoms with Gasteiger partial charge in [0.25, 0.3) is 5.91 Å². The number of rotatable bonds is 5. The van der Waals surface area contributed by atoms with Gasteiger partial charge in [-0.05, 0) is 35.6 Å². The summed E-state index contributed by atoms with van der Waals surface area (Å²) < 4.78 is 0. The van der Waals surface area contributed by atoms with Crippen LogP contribution in [0.2, 0.25) is 0 Å². The van der Waals surface area contributed by atoms with Crippen molar-refractivity contribution in [2.24, 2.45) is 0 Å². The van der Waals surface area contributed by atoms with Crippen LogP contribution in [-0.4, -0.2) is 27.9 Å². The van der Waals surface area contributed by atoms with Crippen LogP contribution < -0.4 is 0 Å². The molecule has 1 unspecified atom stereocenters. The van der Waals surface area contributed by atoms with Crippen molar-refractivity contribution in [3.63, 3.8) is 0 Å². The first-order valence-corrected chi connectivity index (χ1v) is 8.38. The summed E-state index contributed by atoms with van der Waals surface area (Å²) in [6, 6.07) is 15.9. The number of carbonyl (C=O) groups excluding carboxylic acids is 1. The van der Waals surface area contributed by atoms with Crippen LogP contribution >= 0.6 is 0 Å². The molecule has 4 heteroatoms. The molecule has 0 aliphatic rings. The predicted molar refractivity (Wildman–Crippen MR) is 98.6 cm³/mol. The summed E-state index contributed by atoms with van der Waals surface area (Å²) in [5.74, 6) is -1.30. The van der Waals surface area contributed by atoms with Crippen LogP contribution in [-0.2, 0) is 16.8 Å². The van der Waals surface area contributed by atoms with Gasteiger partial charge in [0.1, 0.15) is 6.04 Å². The smallest absolute Gasteiger partial charge is 0.326 e. The van der Waals surface area contributed by atoms with Gasteiger partial charge in [-0.2, -0.15) is 0 Å². The molecule has 0 fully saturated rings. The number of hydrogen-bond acceptors (Lipinski definition) is 2. The van der Waals surface area contributed by atoms with Crippen molar-refractivity contribution in [2.75, 3.05) is 0 Å². The van der Waals surface area contributed by atoms with Crippen molar-refractivity contribution in [3.8, 4) is 0 Å². The Morgan fingerprint density at radius 1 is 1.00 bits per heavy atom. The first-order chi connectivity index (χ1) is 11.7. The highest BCUT2D eigenvalue weighted by Gasteiger charge is 2.27. The fourth-order valence-electron chi connectivity index (χ4n) is 2.58. The Labute approximate surface area is 149 Å². The molecule has 1 atom stereocenters. The Balaban J connectivity index is 2.30. The summed E-state index contributed by atoms with van der Waals surface area (Å²) >= 11 is 0. The molecule has 0 aromatic heterocycles. The molecule has 0 spiro atoms. The van der Waals surface area contributed by atoms with Crippen LogP contribution in [0.5, 0.6) is 0 Å². The highest BCUT2D eigenvalue weighted by molar-refractivity contribution is 5.96. The van der Waals surface area contributed by atoms with E-state index >= 15 is 0 Å². The molecule has 2 aromatic rings. The number of aliphatic carboxylic acids is 1. The quantitative estimate of drug-likeness (QED) is 0.892. The highest BCUT2D eigenvalue weighted by atomic mass is 16.4. The van der Waals surface area contributed by atoms with E-state index in [4.69, 9.17) is 0 Å². The highest BCUT2D eigenvalue weighted by Crippen LogP contribution is 2.23. The fourth-order valence-corrected chi connectivity index (χ4v) is 2.58. The van der Waals surface area contributed by atoms with Gasteiger partial charge in [-0.15, -0.1) is 0 Å². The molecule has 0 aliphatic carbocycles. The van der Waals surface area contributed by atoms with Gasteiger partial charge in [0.05, 0.1) is 0 Å². The molecule has 0 saturated carbocycles. The van der Waals surface area contributed by atoms with Gasteiger partial charge in [-0.1, -0.05) is 63.2 Å². The molecule has 132 valence electrons. The minimum absolute atomic E-state index is 0.000338. The van der Waals surface area contributed by atoms with Crippen LogP contribution in [0.15, 0.2) is 54.6 Å².